The van der Waals surface area contributed by atoms with E-state index in [-0.39, 0.29) is 0 Å². The highest BCUT2D eigenvalue weighted by atomic mass is 16.5. The van der Waals surface area contributed by atoms with Gasteiger partial charge < -0.3 is 4.74 Å². The van der Waals surface area contributed by atoms with Crippen LogP contribution < -0.4 is 4.74 Å². The number of aromatic nitrogens is 2. The number of ether oxygens (including phenoxy) is 1. The van der Waals surface area contributed by atoms with Crippen LogP contribution in [0.2, 0.25) is 0 Å². The maximum atomic E-state index is 5.70. The van der Waals surface area contributed by atoms with Crippen LogP contribution in [0.5, 0.6) is 5.75 Å². The molecule has 4 nitrogen and oxygen atoms in total. The molecule has 3 heterocycles. The van der Waals surface area contributed by atoms with Crippen LogP contribution in [-0.4, -0.2) is 40.6 Å². The Hall–Kier alpha value is -2.20. The van der Waals surface area contributed by atoms with Crippen molar-refractivity contribution >= 4 is 0 Å². The summed E-state index contributed by atoms with van der Waals surface area (Å²) in [5.74, 6) is 1.72. The lowest BCUT2D eigenvalue weighted by atomic mass is 9.92. The minimum Gasteiger partial charge on any atom is -0.493 e. The molecule has 146 valence electrons. The molecule has 0 radical (unpaired) electrons. The fourth-order valence-corrected chi connectivity index (χ4v) is 4.82. The van der Waals surface area contributed by atoms with E-state index in [2.05, 4.69) is 39.1 Å². The summed E-state index contributed by atoms with van der Waals surface area (Å²) in [6, 6.07) is 9.56. The molecular weight excluding hydrogens is 346 g/mol. The molecule has 3 aliphatic rings. The SMILES string of the molecule is C(CN1CC(c2ccc3c(c2)CCO3)CC1CCc1ccncn1)=C1CCC1. The van der Waals surface area contributed by atoms with Crippen molar-refractivity contribution in [2.45, 2.75) is 56.9 Å². The Labute approximate surface area is 167 Å². The molecular formula is C24H29N3O. The standard InChI is InChI=1S/C24H29N3O/c1-2-18(3-1)9-12-27-16-21(19-4-7-24-20(14-19)10-13-28-24)15-23(27)6-5-22-8-11-25-17-26-22/h4,7-9,11,14,17,21,23H,1-3,5-6,10,12-13,15-16H2. The third-order valence-corrected chi connectivity index (χ3v) is 6.70. The molecule has 2 atom stereocenters. The highest BCUT2D eigenvalue weighted by Crippen LogP contribution is 2.37. The number of likely N-dealkylation sites (tertiary alicyclic amines) is 1. The van der Waals surface area contributed by atoms with Gasteiger partial charge in [0.1, 0.15) is 12.1 Å². The Morgan fingerprint density at radius 2 is 2.14 bits per heavy atom. The predicted molar refractivity (Wildman–Crippen MR) is 111 cm³/mol. The molecule has 2 aromatic rings. The molecule has 1 aliphatic carbocycles. The van der Waals surface area contributed by atoms with Crippen molar-refractivity contribution in [3.05, 3.63) is 65.3 Å². The van der Waals surface area contributed by atoms with Gasteiger partial charge in [0, 0.05) is 37.4 Å². The number of benzene rings is 1. The third kappa shape index (κ3) is 3.83. The Bertz CT molecular complexity index is 842. The van der Waals surface area contributed by atoms with Crippen LogP contribution in [0.25, 0.3) is 0 Å². The van der Waals surface area contributed by atoms with Gasteiger partial charge in [0.25, 0.3) is 0 Å². The Morgan fingerprint density at radius 3 is 2.96 bits per heavy atom. The van der Waals surface area contributed by atoms with Crippen molar-refractivity contribution in [1.82, 2.24) is 14.9 Å². The summed E-state index contributed by atoms with van der Waals surface area (Å²) in [4.78, 5) is 11.2. The quantitative estimate of drug-likeness (QED) is 0.705. The summed E-state index contributed by atoms with van der Waals surface area (Å²) in [5, 5.41) is 0. The molecule has 1 aromatic carbocycles. The number of hydrogen-bond acceptors (Lipinski definition) is 4. The molecule has 0 N–H and O–H groups in total. The maximum absolute atomic E-state index is 5.70. The van der Waals surface area contributed by atoms with E-state index in [1.807, 2.05) is 12.3 Å². The van der Waals surface area contributed by atoms with Crippen LogP contribution in [0.1, 0.15) is 54.8 Å². The second kappa shape index (κ2) is 8.04. The number of hydrogen-bond donors (Lipinski definition) is 0. The van der Waals surface area contributed by atoms with Gasteiger partial charge in [-0.3, -0.25) is 4.90 Å². The highest BCUT2D eigenvalue weighted by Gasteiger charge is 2.32. The van der Waals surface area contributed by atoms with Crippen LogP contribution in [0.15, 0.2) is 48.4 Å². The second-order valence-electron chi connectivity index (χ2n) is 8.46. The smallest absolute Gasteiger partial charge is 0.122 e. The lowest BCUT2D eigenvalue weighted by Gasteiger charge is -2.25. The molecule has 4 heteroatoms. The van der Waals surface area contributed by atoms with Crippen LogP contribution >= 0.6 is 0 Å². The Morgan fingerprint density at radius 1 is 1.18 bits per heavy atom. The third-order valence-electron chi connectivity index (χ3n) is 6.70. The van der Waals surface area contributed by atoms with Gasteiger partial charge in [-0.1, -0.05) is 23.8 Å². The summed E-state index contributed by atoms with van der Waals surface area (Å²) in [5.41, 5.74) is 5.71. The van der Waals surface area contributed by atoms with Gasteiger partial charge in [-0.05, 0) is 67.7 Å². The minimum atomic E-state index is 0.626. The average molecular weight is 376 g/mol. The van der Waals surface area contributed by atoms with Crippen molar-refractivity contribution < 1.29 is 4.74 Å². The van der Waals surface area contributed by atoms with Gasteiger partial charge in [-0.15, -0.1) is 0 Å². The molecule has 2 unspecified atom stereocenters. The van der Waals surface area contributed by atoms with Gasteiger partial charge in [-0.2, -0.15) is 0 Å². The van der Waals surface area contributed by atoms with Gasteiger partial charge >= 0.3 is 0 Å². The molecule has 1 saturated carbocycles. The van der Waals surface area contributed by atoms with E-state index in [1.54, 1.807) is 11.9 Å². The molecule has 1 aromatic heterocycles. The first-order chi connectivity index (χ1) is 13.8. The molecule has 2 aliphatic heterocycles. The van der Waals surface area contributed by atoms with Crippen LogP contribution in [0.3, 0.4) is 0 Å². The fraction of sp³-hybridized carbons (Fsp3) is 0.500. The van der Waals surface area contributed by atoms with E-state index in [1.165, 1.54) is 43.2 Å². The molecule has 5 rings (SSSR count). The number of fused-ring (bicyclic) bond motifs is 1. The largest absolute Gasteiger partial charge is 0.493 e. The normalized spacial score (nSPS) is 23.9. The molecule has 0 bridgehead atoms. The highest BCUT2D eigenvalue weighted by molar-refractivity contribution is 5.41. The van der Waals surface area contributed by atoms with Gasteiger partial charge in [0.2, 0.25) is 0 Å². The summed E-state index contributed by atoms with van der Waals surface area (Å²) >= 11 is 0. The first kappa shape index (κ1) is 17.9. The number of allylic oxidation sites excluding steroid dienone is 1. The molecule has 1 saturated heterocycles. The van der Waals surface area contributed by atoms with E-state index in [0.717, 1.165) is 44.0 Å². The van der Waals surface area contributed by atoms with Gasteiger partial charge in [0.15, 0.2) is 0 Å². The Kier molecular flexibility index (Phi) is 5.13. The average Bonchev–Trinajstić information content (AvgIpc) is 3.32. The minimum absolute atomic E-state index is 0.626. The predicted octanol–water partition coefficient (Wildman–Crippen LogP) is 4.31. The molecule has 0 amide bonds. The lowest BCUT2D eigenvalue weighted by molar-refractivity contribution is 0.266. The number of nitrogens with zero attached hydrogens (tertiary/aromatic N) is 3. The topological polar surface area (TPSA) is 38.2 Å². The van der Waals surface area contributed by atoms with E-state index < -0.39 is 0 Å². The van der Waals surface area contributed by atoms with Crippen molar-refractivity contribution in [2.24, 2.45) is 0 Å². The zero-order chi connectivity index (χ0) is 18.8. The van der Waals surface area contributed by atoms with Crippen molar-refractivity contribution in [2.75, 3.05) is 19.7 Å². The first-order valence-electron chi connectivity index (χ1n) is 10.8. The van der Waals surface area contributed by atoms with E-state index in [9.17, 15) is 0 Å². The maximum Gasteiger partial charge on any atom is 0.122 e. The number of aryl methyl sites for hydroxylation is 1. The second-order valence-corrected chi connectivity index (χ2v) is 8.46. The number of rotatable bonds is 6. The van der Waals surface area contributed by atoms with Crippen molar-refractivity contribution in [3.63, 3.8) is 0 Å². The monoisotopic (exact) mass is 375 g/mol. The Balaban J connectivity index is 1.29. The van der Waals surface area contributed by atoms with E-state index >= 15 is 0 Å². The molecule has 2 fully saturated rings. The zero-order valence-corrected chi connectivity index (χ0v) is 16.5. The summed E-state index contributed by atoms with van der Waals surface area (Å²) < 4.78 is 5.70. The van der Waals surface area contributed by atoms with E-state index in [4.69, 9.17) is 4.74 Å². The van der Waals surface area contributed by atoms with Crippen LogP contribution in [0, 0.1) is 0 Å². The fourth-order valence-electron chi connectivity index (χ4n) is 4.82. The lowest BCUT2D eigenvalue weighted by Crippen LogP contribution is -2.30. The van der Waals surface area contributed by atoms with Crippen molar-refractivity contribution in [3.8, 4) is 5.75 Å². The summed E-state index contributed by atoms with van der Waals surface area (Å²) in [6.45, 7) is 3.11. The molecule has 28 heavy (non-hydrogen) atoms. The summed E-state index contributed by atoms with van der Waals surface area (Å²) in [7, 11) is 0. The zero-order valence-electron chi connectivity index (χ0n) is 16.5. The first-order valence-corrected chi connectivity index (χ1v) is 10.8. The molecule has 0 spiro atoms. The summed E-state index contributed by atoms with van der Waals surface area (Å²) in [6.07, 6.45) is 14.5. The van der Waals surface area contributed by atoms with Gasteiger partial charge in [-0.25, -0.2) is 9.97 Å². The van der Waals surface area contributed by atoms with Gasteiger partial charge in [0.05, 0.1) is 6.61 Å². The van der Waals surface area contributed by atoms with Crippen LogP contribution in [0.4, 0.5) is 0 Å². The van der Waals surface area contributed by atoms with Crippen molar-refractivity contribution in [1.29, 1.82) is 0 Å². The van der Waals surface area contributed by atoms with Crippen LogP contribution in [-0.2, 0) is 12.8 Å². The van der Waals surface area contributed by atoms with E-state index in [0.29, 0.717) is 12.0 Å².